The van der Waals surface area contributed by atoms with Gasteiger partial charge in [0.15, 0.2) is 0 Å². The van der Waals surface area contributed by atoms with Crippen LogP contribution in [0.1, 0.15) is 64.1 Å². The Morgan fingerprint density at radius 1 is 1.09 bits per heavy atom. The van der Waals surface area contributed by atoms with Gasteiger partial charge in [-0.1, -0.05) is 45.0 Å². The first-order valence-electron chi connectivity index (χ1n) is 15.0. The normalized spacial score (nSPS) is 20.0. The maximum absolute atomic E-state index is 13.8. The molecule has 0 radical (unpaired) electrons. The highest BCUT2D eigenvalue weighted by molar-refractivity contribution is 7.13. The van der Waals surface area contributed by atoms with Crippen LogP contribution in [0.4, 0.5) is 0 Å². The lowest BCUT2D eigenvalue weighted by atomic mass is 9.85. The number of carbonyl (C=O) groups is 4. The van der Waals surface area contributed by atoms with Crippen molar-refractivity contribution in [2.75, 3.05) is 19.6 Å². The van der Waals surface area contributed by atoms with E-state index in [2.05, 4.69) is 26.3 Å². The van der Waals surface area contributed by atoms with Gasteiger partial charge < -0.3 is 31.3 Å². The van der Waals surface area contributed by atoms with Crippen LogP contribution < -0.4 is 21.3 Å². The number of rotatable bonds is 10. The minimum Gasteiger partial charge on any atom is -0.391 e. The zero-order valence-electron chi connectivity index (χ0n) is 25.4. The van der Waals surface area contributed by atoms with E-state index in [1.54, 1.807) is 11.3 Å². The summed E-state index contributed by atoms with van der Waals surface area (Å²) in [5, 5.41) is 22.4. The van der Waals surface area contributed by atoms with Crippen LogP contribution in [0.5, 0.6) is 0 Å². The van der Waals surface area contributed by atoms with Gasteiger partial charge in [0.05, 0.1) is 22.2 Å². The summed E-state index contributed by atoms with van der Waals surface area (Å²) in [5.41, 5.74) is 4.07. The summed E-state index contributed by atoms with van der Waals surface area (Å²) in [5.74, 6) is -1.39. The predicted molar refractivity (Wildman–Crippen MR) is 165 cm³/mol. The molecule has 4 amide bonds. The molecular weight excluding hydrogens is 568 g/mol. The van der Waals surface area contributed by atoms with Crippen molar-refractivity contribution in [2.24, 2.45) is 5.41 Å². The number of nitrogens with one attached hydrogen (secondary N) is 4. The lowest BCUT2D eigenvalue weighted by Gasteiger charge is -2.35. The van der Waals surface area contributed by atoms with Crippen LogP contribution in [-0.4, -0.2) is 82.5 Å². The Labute approximate surface area is 257 Å². The van der Waals surface area contributed by atoms with Crippen LogP contribution in [-0.2, 0) is 25.7 Å². The fourth-order valence-electron chi connectivity index (χ4n) is 5.51. The summed E-state index contributed by atoms with van der Waals surface area (Å²) in [6.45, 7) is 9.44. The highest BCUT2D eigenvalue weighted by Crippen LogP contribution is 2.28. The Hall–Kier alpha value is -3.35. The molecule has 2 aliphatic heterocycles. The summed E-state index contributed by atoms with van der Waals surface area (Å²) in [7, 11) is 0. The summed E-state index contributed by atoms with van der Waals surface area (Å²) in [6.07, 6.45) is 0.951. The molecule has 2 saturated heterocycles. The molecule has 3 heterocycles. The predicted octanol–water partition coefficient (Wildman–Crippen LogP) is 1.88. The Balaban J connectivity index is 1.33. The molecule has 0 aliphatic carbocycles. The molecule has 0 saturated carbocycles. The average Bonchev–Trinajstić information content (AvgIpc) is 3.58. The van der Waals surface area contributed by atoms with E-state index in [0.29, 0.717) is 0 Å². The van der Waals surface area contributed by atoms with Crippen molar-refractivity contribution in [3.63, 3.8) is 0 Å². The Bertz CT molecular complexity index is 1280. The third kappa shape index (κ3) is 8.84. The molecule has 0 spiro atoms. The number of nitrogens with zero attached hydrogens (tertiary/aromatic N) is 2. The van der Waals surface area contributed by atoms with Crippen molar-refractivity contribution in [3.8, 4) is 10.4 Å². The van der Waals surface area contributed by atoms with Crippen LogP contribution in [0.3, 0.4) is 0 Å². The molecule has 2 aliphatic rings. The number of aliphatic hydroxyl groups is 1. The Morgan fingerprint density at radius 3 is 2.40 bits per heavy atom. The van der Waals surface area contributed by atoms with Crippen molar-refractivity contribution >= 4 is 35.0 Å². The Kier molecular flexibility index (Phi) is 10.9. The maximum Gasteiger partial charge on any atom is 0.246 e. The molecule has 5 N–H and O–H groups in total. The number of likely N-dealkylation sites (tertiary alicyclic amines) is 1. The second-order valence-electron chi connectivity index (χ2n) is 12.5. The van der Waals surface area contributed by atoms with Gasteiger partial charge in [-0.15, -0.1) is 11.3 Å². The van der Waals surface area contributed by atoms with Gasteiger partial charge in [0, 0.05) is 38.4 Å². The first kappa shape index (κ1) is 32.6. The lowest BCUT2D eigenvalue weighted by molar-refractivity contribution is -0.144. The minimum atomic E-state index is -0.934. The number of piperidine rings is 1. The van der Waals surface area contributed by atoms with Gasteiger partial charge in [-0.25, -0.2) is 4.98 Å². The largest absolute Gasteiger partial charge is 0.391 e. The van der Waals surface area contributed by atoms with Crippen molar-refractivity contribution in [1.82, 2.24) is 31.2 Å². The molecule has 12 heteroatoms. The van der Waals surface area contributed by atoms with E-state index in [1.165, 1.54) is 4.90 Å². The number of amides is 4. The summed E-state index contributed by atoms with van der Waals surface area (Å²) >= 11 is 1.58. The van der Waals surface area contributed by atoms with Crippen molar-refractivity contribution in [3.05, 3.63) is 41.0 Å². The first-order valence-corrected chi connectivity index (χ1v) is 15.9. The fraction of sp³-hybridized carbons (Fsp3) is 0.581. The summed E-state index contributed by atoms with van der Waals surface area (Å²) < 4.78 is 0. The molecule has 1 aromatic carbocycles. The van der Waals surface area contributed by atoms with Crippen molar-refractivity contribution in [2.45, 2.75) is 90.6 Å². The number of aromatic nitrogens is 1. The van der Waals surface area contributed by atoms with Gasteiger partial charge in [0.1, 0.15) is 12.1 Å². The zero-order chi connectivity index (χ0) is 31.1. The standard InChI is InChI=1S/C31H44N6O5S/c1-19-27(43-18-34-19)21-7-5-20(6-8-21)16-33-29(41)24-15-23(38)17-37(24)30(42)28(31(2,3)4)36-26(40)10-9-25(39)35-22-11-13-32-14-12-22/h5-8,18,22-24,28,32,38H,9-17H2,1-4H3,(H,33,41)(H,35,39)(H,36,40)/t23-,24+,28-/m1/s1. The number of benzene rings is 1. The van der Waals surface area contributed by atoms with Gasteiger partial charge >= 0.3 is 0 Å². The van der Waals surface area contributed by atoms with Gasteiger partial charge in [-0.3, -0.25) is 19.2 Å². The molecule has 43 heavy (non-hydrogen) atoms. The maximum atomic E-state index is 13.8. The van der Waals surface area contributed by atoms with E-state index in [-0.39, 0.29) is 50.2 Å². The van der Waals surface area contributed by atoms with Crippen LogP contribution in [0.2, 0.25) is 0 Å². The van der Waals surface area contributed by atoms with Crippen molar-refractivity contribution < 1.29 is 24.3 Å². The number of hydrogen-bond donors (Lipinski definition) is 5. The molecule has 2 aromatic rings. The molecular formula is C31H44N6O5S. The highest BCUT2D eigenvalue weighted by Gasteiger charge is 2.44. The highest BCUT2D eigenvalue weighted by atomic mass is 32.1. The Morgan fingerprint density at radius 2 is 1.77 bits per heavy atom. The molecule has 4 rings (SSSR count). The van der Waals surface area contributed by atoms with E-state index in [4.69, 9.17) is 0 Å². The second kappa shape index (κ2) is 14.4. The SMILES string of the molecule is Cc1ncsc1-c1ccc(CNC(=O)[C@@H]2C[C@@H](O)CN2C(=O)[C@@H](NC(=O)CCC(=O)NC2CCNCC2)C(C)(C)C)cc1. The molecule has 1 aromatic heterocycles. The number of aliphatic hydroxyl groups excluding tert-OH is 1. The van der Waals surface area contributed by atoms with Crippen LogP contribution in [0.25, 0.3) is 10.4 Å². The van der Waals surface area contributed by atoms with E-state index in [1.807, 2.05) is 57.5 Å². The molecule has 11 nitrogen and oxygen atoms in total. The van der Waals surface area contributed by atoms with Crippen LogP contribution in [0.15, 0.2) is 29.8 Å². The number of carbonyl (C=O) groups excluding carboxylic acids is 4. The van der Waals surface area contributed by atoms with Gasteiger partial charge in [-0.05, 0) is 49.4 Å². The monoisotopic (exact) mass is 612 g/mol. The van der Waals surface area contributed by atoms with Gasteiger partial charge in [0.25, 0.3) is 0 Å². The van der Waals surface area contributed by atoms with E-state index in [9.17, 15) is 24.3 Å². The number of aryl methyl sites for hydroxylation is 1. The van der Waals surface area contributed by atoms with Crippen LogP contribution in [0, 0.1) is 12.3 Å². The smallest absolute Gasteiger partial charge is 0.246 e. The molecule has 0 unspecified atom stereocenters. The van der Waals surface area contributed by atoms with Crippen LogP contribution >= 0.6 is 11.3 Å². The number of thiazole rings is 1. The van der Waals surface area contributed by atoms with Gasteiger partial charge in [-0.2, -0.15) is 0 Å². The van der Waals surface area contributed by atoms with Crippen molar-refractivity contribution in [1.29, 1.82) is 0 Å². The first-order chi connectivity index (χ1) is 20.4. The third-order valence-corrected chi connectivity index (χ3v) is 8.97. The van der Waals surface area contributed by atoms with E-state index < -0.39 is 35.4 Å². The third-order valence-electron chi connectivity index (χ3n) is 7.99. The quantitative estimate of drug-likeness (QED) is 0.275. The number of hydrogen-bond acceptors (Lipinski definition) is 8. The summed E-state index contributed by atoms with van der Waals surface area (Å²) in [6, 6.07) is 6.18. The minimum absolute atomic E-state index is 0.000912. The molecule has 234 valence electrons. The topological polar surface area (TPSA) is 153 Å². The average molecular weight is 613 g/mol. The molecule has 0 bridgehead atoms. The molecule has 3 atom stereocenters. The lowest BCUT2D eigenvalue weighted by Crippen LogP contribution is -2.57. The fourth-order valence-corrected chi connectivity index (χ4v) is 6.32. The zero-order valence-corrected chi connectivity index (χ0v) is 26.3. The van der Waals surface area contributed by atoms with Gasteiger partial charge in [0.2, 0.25) is 23.6 Å². The van der Waals surface area contributed by atoms with E-state index >= 15 is 0 Å². The second-order valence-corrected chi connectivity index (χ2v) is 13.4. The number of β-amino-alcohol motifs (C(OH)–C–C–N with tert-alkyl or cyclic N) is 1. The van der Waals surface area contributed by atoms with E-state index in [0.717, 1.165) is 47.6 Å². The molecule has 2 fully saturated rings. The summed E-state index contributed by atoms with van der Waals surface area (Å²) in [4.78, 5) is 59.0.